The van der Waals surface area contributed by atoms with Crippen molar-refractivity contribution < 1.29 is 30.0 Å². The lowest BCUT2D eigenvalue weighted by molar-refractivity contribution is -0.293. The highest BCUT2D eigenvalue weighted by Gasteiger charge is 2.76. The molecule has 4 N–H and O–H groups in total. The summed E-state index contributed by atoms with van der Waals surface area (Å²) in [4.78, 5) is 24.7. The van der Waals surface area contributed by atoms with Crippen molar-refractivity contribution in [2.45, 2.75) is 88.3 Å². The first-order valence-electron chi connectivity index (χ1n) is 10.9. The summed E-state index contributed by atoms with van der Waals surface area (Å²) in [6, 6.07) is 0. The summed E-state index contributed by atoms with van der Waals surface area (Å²) >= 11 is 0. The van der Waals surface area contributed by atoms with Gasteiger partial charge in [0.25, 0.3) is 0 Å². The van der Waals surface area contributed by atoms with E-state index in [9.17, 15) is 30.0 Å². The zero-order chi connectivity index (χ0) is 19.8. The molecule has 8 unspecified atom stereocenters. The molecule has 6 heteroatoms. The Kier molecular flexibility index (Phi) is 2.92. The first kappa shape index (κ1) is 17.7. The first-order valence-corrected chi connectivity index (χ1v) is 10.9. The van der Waals surface area contributed by atoms with Gasteiger partial charge in [-0.05, 0) is 99.7 Å². The predicted molar refractivity (Wildman–Crippen MR) is 97.3 cm³/mol. The third-order valence-electron chi connectivity index (χ3n) is 10.1. The molecule has 0 amide bonds. The topological polar surface area (TPSA) is 115 Å². The van der Waals surface area contributed by atoms with E-state index in [0.29, 0.717) is 64.2 Å². The summed E-state index contributed by atoms with van der Waals surface area (Å²) in [5.74, 6) is -1.20. The zero-order valence-corrected chi connectivity index (χ0v) is 16.2. The number of carboxylic acids is 2. The van der Waals surface area contributed by atoms with E-state index in [-0.39, 0.29) is 22.7 Å². The van der Waals surface area contributed by atoms with Gasteiger partial charge in [0, 0.05) is 0 Å². The van der Waals surface area contributed by atoms with E-state index in [4.69, 9.17) is 0 Å². The number of hydrogen-bond donors (Lipinski definition) is 4. The van der Waals surface area contributed by atoms with Crippen molar-refractivity contribution in [1.82, 2.24) is 0 Å². The number of aliphatic hydroxyl groups is 2. The molecule has 0 heterocycles. The van der Waals surface area contributed by atoms with Gasteiger partial charge in [-0.15, -0.1) is 0 Å². The van der Waals surface area contributed by atoms with Crippen molar-refractivity contribution in [2.24, 2.45) is 33.5 Å². The molecule has 8 saturated carbocycles. The van der Waals surface area contributed by atoms with E-state index in [1.807, 2.05) is 0 Å². The van der Waals surface area contributed by atoms with Crippen LogP contribution in [0.1, 0.15) is 77.0 Å². The van der Waals surface area contributed by atoms with Crippen LogP contribution in [-0.4, -0.2) is 43.6 Å². The molecule has 0 aromatic carbocycles. The van der Waals surface area contributed by atoms with Gasteiger partial charge < -0.3 is 20.4 Å². The van der Waals surface area contributed by atoms with E-state index < -0.39 is 34.0 Å². The molecule has 0 aliphatic heterocycles. The quantitative estimate of drug-likeness (QED) is 0.589. The minimum Gasteiger partial charge on any atom is -0.481 e. The van der Waals surface area contributed by atoms with Gasteiger partial charge in [-0.25, -0.2) is 0 Å². The summed E-state index contributed by atoms with van der Waals surface area (Å²) in [5, 5.41) is 43.0. The second-order valence-corrected chi connectivity index (χ2v) is 12.2. The molecular formula is C22H30O6. The van der Waals surface area contributed by atoms with Crippen LogP contribution in [0.4, 0.5) is 0 Å². The van der Waals surface area contributed by atoms with Crippen LogP contribution >= 0.6 is 0 Å². The standard InChI is InChI=1S/C22H30O6/c23-15(24)17-1-13-3-19(7-17,11-21(27,5-13)9-17)20-4-14-2-18(8-20,16(25)26)10-22(28,6-14)12-20/h13-14,27-28H,1-12H2,(H,23,24)(H,25,26). The first-order chi connectivity index (χ1) is 13.0. The van der Waals surface area contributed by atoms with Gasteiger partial charge in [0.2, 0.25) is 0 Å². The third kappa shape index (κ3) is 1.92. The maximum absolute atomic E-state index is 12.3. The second-order valence-electron chi connectivity index (χ2n) is 12.2. The fraction of sp³-hybridized carbons (Fsp3) is 0.909. The molecule has 6 nitrogen and oxygen atoms in total. The Morgan fingerprint density at radius 3 is 1.29 bits per heavy atom. The van der Waals surface area contributed by atoms with Gasteiger partial charge in [0.05, 0.1) is 22.0 Å². The summed E-state index contributed by atoms with van der Waals surface area (Å²) < 4.78 is 0. The van der Waals surface area contributed by atoms with Crippen LogP contribution in [0.5, 0.6) is 0 Å². The maximum Gasteiger partial charge on any atom is 0.309 e. The molecule has 28 heavy (non-hydrogen) atoms. The van der Waals surface area contributed by atoms with E-state index in [2.05, 4.69) is 0 Å². The molecule has 8 bridgehead atoms. The Labute approximate surface area is 164 Å². The molecule has 0 radical (unpaired) electrons. The van der Waals surface area contributed by atoms with Gasteiger partial charge >= 0.3 is 11.9 Å². The molecule has 154 valence electrons. The molecule has 8 aliphatic carbocycles. The monoisotopic (exact) mass is 390 g/mol. The van der Waals surface area contributed by atoms with Crippen molar-refractivity contribution in [3.05, 3.63) is 0 Å². The van der Waals surface area contributed by atoms with Crippen molar-refractivity contribution in [3.8, 4) is 0 Å². The minimum atomic E-state index is -0.944. The van der Waals surface area contributed by atoms with E-state index >= 15 is 0 Å². The molecule has 0 spiro atoms. The van der Waals surface area contributed by atoms with Crippen LogP contribution in [0.2, 0.25) is 0 Å². The lowest BCUT2D eigenvalue weighted by Crippen LogP contribution is -2.72. The van der Waals surface area contributed by atoms with Crippen LogP contribution in [-0.2, 0) is 9.59 Å². The van der Waals surface area contributed by atoms with Crippen molar-refractivity contribution in [3.63, 3.8) is 0 Å². The molecule has 8 aliphatic rings. The van der Waals surface area contributed by atoms with E-state index in [0.717, 1.165) is 12.8 Å². The highest BCUT2D eigenvalue weighted by molar-refractivity contribution is 5.77. The molecule has 0 aromatic heterocycles. The fourth-order valence-corrected chi connectivity index (χ4v) is 10.4. The average molecular weight is 390 g/mol. The highest BCUT2D eigenvalue weighted by Crippen LogP contribution is 2.79. The SMILES string of the molecule is O=C(O)C12CC3CC(O)(C1)CC(C14CC5CC(O)(CC(C(=O)O)(C5)C1)C4)(C3)C2. The number of carboxylic acid groups (broad SMARTS) is 2. The molecule has 0 aromatic rings. The Balaban J connectivity index is 1.51. The van der Waals surface area contributed by atoms with E-state index in [1.54, 1.807) is 0 Å². The van der Waals surface area contributed by atoms with Crippen molar-refractivity contribution in [2.75, 3.05) is 0 Å². The van der Waals surface area contributed by atoms with Gasteiger partial charge in [-0.3, -0.25) is 9.59 Å². The Bertz CT molecular complexity index is 745. The highest BCUT2D eigenvalue weighted by atomic mass is 16.4. The smallest absolute Gasteiger partial charge is 0.309 e. The van der Waals surface area contributed by atoms with Crippen LogP contribution in [0.15, 0.2) is 0 Å². The Hall–Kier alpha value is -1.14. The molecule has 8 fully saturated rings. The van der Waals surface area contributed by atoms with Gasteiger partial charge in [-0.2, -0.15) is 0 Å². The molecule has 0 saturated heterocycles. The van der Waals surface area contributed by atoms with Crippen molar-refractivity contribution in [1.29, 1.82) is 0 Å². The van der Waals surface area contributed by atoms with Crippen molar-refractivity contribution >= 4 is 11.9 Å². The summed E-state index contributed by atoms with van der Waals surface area (Å²) in [6.07, 6.45) is 7.36. The lowest BCUT2D eigenvalue weighted by Gasteiger charge is -2.74. The minimum absolute atomic E-state index is 0.195. The molecule has 8 atom stereocenters. The van der Waals surface area contributed by atoms with E-state index in [1.165, 1.54) is 0 Å². The number of carbonyl (C=O) groups is 2. The maximum atomic E-state index is 12.3. The number of aliphatic carboxylic acids is 2. The third-order valence-corrected chi connectivity index (χ3v) is 10.1. The van der Waals surface area contributed by atoms with Gasteiger partial charge in [-0.1, -0.05) is 0 Å². The molecular weight excluding hydrogens is 360 g/mol. The predicted octanol–water partition coefficient (Wildman–Crippen LogP) is 2.56. The van der Waals surface area contributed by atoms with Gasteiger partial charge in [0.1, 0.15) is 0 Å². The Morgan fingerprint density at radius 1 is 0.571 bits per heavy atom. The van der Waals surface area contributed by atoms with Gasteiger partial charge in [0.15, 0.2) is 0 Å². The summed E-state index contributed by atoms with van der Waals surface area (Å²) in [6.45, 7) is 0. The summed E-state index contributed by atoms with van der Waals surface area (Å²) in [7, 11) is 0. The normalized spacial score (nSPS) is 60.9. The fourth-order valence-electron chi connectivity index (χ4n) is 10.4. The number of rotatable bonds is 3. The largest absolute Gasteiger partial charge is 0.481 e. The Morgan fingerprint density at radius 2 is 0.964 bits per heavy atom. The lowest BCUT2D eigenvalue weighted by atomic mass is 9.30. The van der Waals surface area contributed by atoms with Crippen LogP contribution in [0.25, 0.3) is 0 Å². The second kappa shape index (κ2) is 4.61. The average Bonchev–Trinajstić information content (AvgIpc) is 2.49. The van der Waals surface area contributed by atoms with Crippen LogP contribution in [0.3, 0.4) is 0 Å². The van der Waals surface area contributed by atoms with Crippen LogP contribution in [0, 0.1) is 33.5 Å². The zero-order valence-electron chi connectivity index (χ0n) is 16.2. The number of hydrogen-bond acceptors (Lipinski definition) is 4. The molecule has 8 rings (SSSR count). The summed E-state index contributed by atoms with van der Waals surface area (Å²) in [5.41, 5.74) is -4.35. The van der Waals surface area contributed by atoms with Crippen LogP contribution < -0.4 is 0 Å².